The maximum Gasteiger partial charge on any atom is 0.344 e. The van der Waals surface area contributed by atoms with Crippen LogP contribution < -0.4 is 19.9 Å². The lowest BCUT2D eigenvalue weighted by Crippen LogP contribution is -2.35. The predicted octanol–water partition coefficient (Wildman–Crippen LogP) is 2.41. The molecule has 3 rings (SSSR count). The van der Waals surface area contributed by atoms with E-state index in [0.29, 0.717) is 22.7 Å². The second kappa shape index (κ2) is 9.13. The van der Waals surface area contributed by atoms with Crippen LogP contribution in [-0.2, 0) is 19.1 Å². The molecule has 2 aromatic carbocycles. The SMILES string of the molecule is CCOC(=O)COc1ccc(C=C2C(=O)NN(c3cccc(C)c3)C2=O)cc1OC. The first kappa shape index (κ1) is 20.9. The lowest BCUT2D eigenvalue weighted by atomic mass is 10.1. The summed E-state index contributed by atoms with van der Waals surface area (Å²) in [5.41, 5.74) is 4.69. The van der Waals surface area contributed by atoms with Crippen molar-refractivity contribution in [2.75, 3.05) is 25.3 Å². The molecule has 1 aliphatic heterocycles. The number of ether oxygens (including phenoxy) is 3. The number of anilines is 1. The van der Waals surface area contributed by atoms with Crippen molar-refractivity contribution < 1.29 is 28.6 Å². The first-order valence-corrected chi connectivity index (χ1v) is 9.33. The molecule has 0 bridgehead atoms. The van der Waals surface area contributed by atoms with Crippen molar-refractivity contribution in [3.8, 4) is 11.5 Å². The van der Waals surface area contributed by atoms with Crippen molar-refractivity contribution in [3.05, 3.63) is 59.2 Å². The Morgan fingerprint density at radius 1 is 1.13 bits per heavy atom. The van der Waals surface area contributed by atoms with Crippen molar-refractivity contribution in [3.63, 3.8) is 0 Å². The molecule has 1 heterocycles. The molecule has 30 heavy (non-hydrogen) atoms. The van der Waals surface area contributed by atoms with E-state index in [1.165, 1.54) is 18.2 Å². The standard InChI is InChI=1S/C22H22N2O6/c1-4-29-20(25)13-30-18-9-8-15(12-19(18)28-3)11-17-21(26)23-24(22(17)27)16-7-5-6-14(2)10-16/h5-12H,4,13H2,1-3H3,(H,23,26). The molecule has 0 atom stereocenters. The monoisotopic (exact) mass is 410 g/mol. The second-order valence-corrected chi connectivity index (χ2v) is 6.48. The van der Waals surface area contributed by atoms with E-state index < -0.39 is 17.8 Å². The molecule has 1 N–H and O–H groups in total. The van der Waals surface area contributed by atoms with Crippen LogP contribution in [0.1, 0.15) is 18.1 Å². The van der Waals surface area contributed by atoms with Crippen LogP contribution in [0.5, 0.6) is 11.5 Å². The van der Waals surface area contributed by atoms with Gasteiger partial charge in [0.25, 0.3) is 11.8 Å². The maximum atomic E-state index is 12.8. The molecule has 2 amide bonds. The molecule has 0 aromatic heterocycles. The Bertz CT molecular complexity index is 1010. The summed E-state index contributed by atoms with van der Waals surface area (Å²) < 4.78 is 15.5. The highest BCUT2D eigenvalue weighted by Crippen LogP contribution is 2.30. The van der Waals surface area contributed by atoms with E-state index in [1.54, 1.807) is 37.3 Å². The molecule has 0 aliphatic carbocycles. The van der Waals surface area contributed by atoms with Gasteiger partial charge in [0.2, 0.25) is 0 Å². The van der Waals surface area contributed by atoms with Crippen LogP contribution in [-0.4, -0.2) is 38.1 Å². The Labute approximate surface area is 174 Å². The second-order valence-electron chi connectivity index (χ2n) is 6.48. The summed E-state index contributed by atoms with van der Waals surface area (Å²) in [5, 5.41) is 1.22. The highest BCUT2D eigenvalue weighted by molar-refractivity contribution is 6.31. The average Bonchev–Trinajstić information content (AvgIpc) is 3.01. The fraction of sp³-hybridized carbons (Fsp3) is 0.227. The van der Waals surface area contributed by atoms with Crippen LogP contribution in [0.2, 0.25) is 0 Å². The van der Waals surface area contributed by atoms with Gasteiger partial charge in [-0.2, -0.15) is 0 Å². The molecule has 2 aromatic rings. The van der Waals surface area contributed by atoms with Gasteiger partial charge in [0, 0.05) is 0 Å². The molecule has 0 unspecified atom stereocenters. The number of rotatable bonds is 7. The zero-order chi connectivity index (χ0) is 21.7. The summed E-state index contributed by atoms with van der Waals surface area (Å²) in [6, 6.07) is 12.1. The van der Waals surface area contributed by atoms with Gasteiger partial charge in [-0.3, -0.25) is 15.0 Å². The lowest BCUT2D eigenvalue weighted by Gasteiger charge is -2.14. The Morgan fingerprint density at radius 3 is 2.63 bits per heavy atom. The highest BCUT2D eigenvalue weighted by Gasteiger charge is 2.34. The summed E-state index contributed by atoms with van der Waals surface area (Å²) in [6.45, 7) is 3.63. The van der Waals surface area contributed by atoms with E-state index in [1.807, 2.05) is 19.1 Å². The van der Waals surface area contributed by atoms with E-state index >= 15 is 0 Å². The molecule has 8 heteroatoms. The largest absolute Gasteiger partial charge is 0.493 e. The highest BCUT2D eigenvalue weighted by atomic mass is 16.6. The summed E-state index contributed by atoms with van der Waals surface area (Å²) in [7, 11) is 1.45. The normalized spacial score (nSPS) is 14.6. The van der Waals surface area contributed by atoms with Gasteiger partial charge >= 0.3 is 5.97 Å². The van der Waals surface area contributed by atoms with Gasteiger partial charge in [-0.05, 0) is 55.3 Å². The number of hydrogen-bond donors (Lipinski definition) is 1. The van der Waals surface area contributed by atoms with Gasteiger partial charge in [-0.15, -0.1) is 0 Å². The van der Waals surface area contributed by atoms with Gasteiger partial charge in [0.05, 0.1) is 19.4 Å². The average molecular weight is 410 g/mol. The number of amides is 2. The molecule has 0 radical (unpaired) electrons. The van der Waals surface area contributed by atoms with E-state index in [-0.39, 0.29) is 18.8 Å². The Balaban J connectivity index is 1.81. The minimum absolute atomic E-state index is 0.00116. The molecule has 156 valence electrons. The third-order valence-electron chi connectivity index (χ3n) is 4.30. The van der Waals surface area contributed by atoms with Crippen molar-refractivity contribution >= 4 is 29.5 Å². The number of hydrazine groups is 1. The predicted molar refractivity (Wildman–Crippen MR) is 110 cm³/mol. The third kappa shape index (κ3) is 4.60. The van der Waals surface area contributed by atoms with Crippen LogP contribution in [0.15, 0.2) is 48.0 Å². The number of nitrogens with one attached hydrogen (secondary N) is 1. The van der Waals surface area contributed by atoms with E-state index in [0.717, 1.165) is 5.56 Å². The smallest absolute Gasteiger partial charge is 0.344 e. The number of carbonyl (C=O) groups is 3. The van der Waals surface area contributed by atoms with Crippen LogP contribution >= 0.6 is 0 Å². The van der Waals surface area contributed by atoms with E-state index in [9.17, 15) is 14.4 Å². The van der Waals surface area contributed by atoms with Crippen molar-refractivity contribution in [2.24, 2.45) is 0 Å². The molecular formula is C22H22N2O6. The van der Waals surface area contributed by atoms with Gasteiger partial charge < -0.3 is 14.2 Å². The summed E-state index contributed by atoms with van der Waals surface area (Å²) in [4.78, 5) is 36.6. The van der Waals surface area contributed by atoms with Crippen molar-refractivity contribution in [2.45, 2.75) is 13.8 Å². The molecule has 1 saturated heterocycles. The molecule has 0 saturated carbocycles. The van der Waals surface area contributed by atoms with Gasteiger partial charge in [-0.1, -0.05) is 18.2 Å². The van der Waals surface area contributed by atoms with Crippen LogP contribution in [0.25, 0.3) is 6.08 Å². The number of carbonyl (C=O) groups excluding carboxylic acids is 3. The Hall–Kier alpha value is -3.81. The summed E-state index contributed by atoms with van der Waals surface area (Å²) in [5.74, 6) is -0.739. The summed E-state index contributed by atoms with van der Waals surface area (Å²) >= 11 is 0. The zero-order valence-electron chi connectivity index (χ0n) is 16.9. The van der Waals surface area contributed by atoms with Crippen molar-refractivity contribution in [1.82, 2.24) is 5.43 Å². The molecule has 1 aliphatic rings. The number of benzene rings is 2. The van der Waals surface area contributed by atoms with Crippen LogP contribution in [0, 0.1) is 6.92 Å². The minimum atomic E-state index is -0.497. The zero-order valence-corrected chi connectivity index (χ0v) is 16.9. The van der Waals surface area contributed by atoms with Crippen molar-refractivity contribution in [1.29, 1.82) is 0 Å². The van der Waals surface area contributed by atoms with Gasteiger partial charge in [0.1, 0.15) is 5.57 Å². The molecule has 0 spiro atoms. The fourth-order valence-corrected chi connectivity index (χ4v) is 2.91. The Kier molecular flexibility index (Phi) is 6.36. The quantitative estimate of drug-likeness (QED) is 0.428. The number of methoxy groups -OCH3 is 1. The molecular weight excluding hydrogens is 388 g/mol. The first-order valence-electron chi connectivity index (χ1n) is 9.33. The third-order valence-corrected chi connectivity index (χ3v) is 4.30. The topological polar surface area (TPSA) is 94.2 Å². The number of nitrogens with zero attached hydrogens (tertiary/aromatic N) is 1. The van der Waals surface area contributed by atoms with Gasteiger partial charge in [0.15, 0.2) is 18.1 Å². The van der Waals surface area contributed by atoms with Gasteiger partial charge in [-0.25, -0.2) is 9.80 Å². The van der Waals surface area contributed by atoms with E-state index in [4.69, 9.17) is 14.2 Å². The van der Waals surface area contributed by atoms with Crippen LogP contribution in [0.3, 0.4) is 0 Å². The number of hydrogen-bond acceptors (Lipinski definition) is 6. The van der Waals surface area contributed by atoms with E-state index in [2.05, 4.69) is 5.43 Å². The maximum absolute atomic E-state index is 12.8. The lowest BCUT2D eigenvalue weighted by molar-refractivity contribution is -0.145. The summed E-state index contributed by atoms with van der Waals surface area (Å²) in [6.07, 6.45) is 1.48. The van der Waals surface area contributed by atoms with Crippen LogP contribution in [0.4, 0.5) is 5.69 Å². The number of esters is 1. The minimum Gasteiger partial charge on any atom is -0.493 e. The first-order chi connectivity index (χ1) is 14.4. The number of aryl methyl sites for hydroxylation is 1. The Morgan fingerprint density at radius 2 is 1.93 bits per heavy atom. The fourth-order valence-electron chi connectivity index (χ4n) is 2.91. The molecule has 8 nitrogen and oxygen atoms in total. The molecule has 1 fully saturated rings.